The number of hydrogen-bond donors (Lipinski definition) is 3. The standard InChI is InChI=1S/C20H15F4N3O5/c1-9(19(31)32)26-17(29)14-15(28)12-3-2-6-25-16(12)27(18(14)30)8-10-4-5-11(7-13(10)21)20(22,23)24/h2-7,9,28H,8H2,1H3,(H,26,29)(H,31,32)/t9-/m0/s1. The summed E-state index contributed by atoms with van der Waals surface area (Å²) in [6, 6.07) is 3.07. The zero-order valence-electron chi connectivity index (χ0n) is 16.3. The third-order valence-electron chi connectivity index (χ3n) is 4.65. The molecule has 0 saturated heterocycles. The van der Waals surface area contributed by atoms with Gasteiger partial charge in [-0.25, -0.2) is 9.37 Å². The van der Waals surface area contributed by atoms with Gasteiger partial charge in [-0.15, -0.1) is 0 Å². The summed E-state index contributed by atoms with van der Waals surface area (Å²) < 4.78 is 53.6. The number of halogens is 4. The number of fused-ring (bicyclic) bond motifs is 1. The number of aliphatic carboxylic acids is 1. The molecule has 0 radical (unpaired) electrons. The first-order chi connectivity index (χ1) is 14.9. The summed E-state index contributed by atoms with van der Waals surface area (Å²) in [5.41, 5.74) is -3.63. The van der Waals surface area contributed by atoms with Crippen LogP contribution in [0.5, 0.6) is 5.75 Å². The molecule has 0 unspecified atom stereocenters. The first-order valence-electron chi connectivity index (χ1n) is 9.01. The van der Waals surface area contributed by atoms with Crippen LogP contribution in [0.15, 0.2) is 41.3 Å². The smallest absolute Gasteiger partial charge is 0.416 e. The van der Waals surface area contributed by atoms with Gasteiger partial charge in [0.25, 0.3) is 11.5 Å². The summed E-state index contributed by atoms with van der Waals surface area (Å²) in [4.78, 5) is 40.4. The van der Waals surface area contributed by atoms with E-state index in [-0.39, 0.29) is 22.7 Å². The van der Waals surface area contributed by atoms with Crippen molar-refractivity contribution < 1.29 is 37.4 Å². The summed E-state index contributed by atoms with van der Waals surface area (Å²) in [7, 11) is 0. The average Bonchev–Trinajstić information content (AvgIpc) is 2.71. The Balaban J connectivity index is 2.16. The van der Waals surface area contributed by atoms with Gasteiger partial charge in [-0.05, 0) is 31.2 Å². The summed E-state index contributed by atoms with van der Waals surface area (Å²) in [6.45, 7) is 0.529. The molecule has 12 heteroatoms. The second-order valence-corrected chi connectivity index (χ2v) is 6.83. The maximum atomic E-state index is 14.4. The van der Waals surface area contributed by atoms with Crippen LogP contribution in [-0.4, -0.2) is 37.7 Å². The minimum atomic E-state index is -4.77. The first-order valence-corrected chi connectivity index (χ1v) is 9.01. The number of benzene rings is 1. The highest BCUT2D eigenvalue weighted by Crippen LogP contribution is 2.31. The normalized spacial score (nSPS) is 12.5. The molecule has 0 saturated carbocycles. The number of nitrogens with one attached hydrogen (secondary N) is 1. The summed E-state index contributed by atoms with van der Waals surface area (Å²) in [5, 5.41) is 21.4. The Labute approximate surface area is 176 Å². The van der Waals surface area contributed by atoms with E-state index < -0.39 is 58.9 Å². The Hall–Kier alpha value is -3.96. The molecule has 2 aromatic heterocycles. The topological polar surface area (TPSA) is 122 Å². The highest BCUT2D eigenvalue weighted by molar-refractivity contribution is 6.02. The molecule has 0 bridgehead atoms. The van der Waals surface area contributed by atoms with E-state index in [1.807, 2.05) is 5.32 Å². The van der Waals surface area contributed by atoms with E-state index in [9.17, 15) is 37.1 Å². The Morgan fingerprint density at radius 1 is 1.25 bits per heavy atom. The van der Waals surface area contributed by atoms with Crippen molar-refractivity contribution in [1.82, 2.24) is 14.9 Å². The number of carboxylic acids is 1. The van der Waals surface area contributed by atoms with Crippen LogP contribution >= 0.6 is 0 Å². The second-order valence-electron chi connectivity index (χ2n) is 6.83. The number of aromatic hydroxyl groups is 1. The third kappa shape index (κ3) is 4.24. The molecule has 2 heterocycles. The molecule has 0 spiro atoms. The molecule has 0 aliphatic rings. The van der Waals surface area contributed by atoms with Gasteiger partial charge in [-0.3, -0.25) is 19.0 Å². The van der Waals surface area contributed by atoms with Crippen LogP contribution in [0.1, 0.15) is 28.4 Å². The van der Waals surface area contributed by atoms with Crippen LogP contribution in [-0.2, 0) is 17.5 Å². The molecule has 8 nitrogen and oxygen atoms in total. The SMILES string of the molecule is C[C@H](NC(=O)c1c(O)c2cccnc2n(Cc2ccc(C(F)(F)F)cc2F)c1=O)C(=O)O. The van der Waals surface area contributed by atoms with E-state index in [4.69, 9.17) is 5.11 Å². The van der Waals surface area contributed by atoms with Crippen molar-refractivity contribution in [2.75, 3.05) is 0 Å². The van der Waals surface area contributed by atoms with E-state index >= 15 is 0 Å². The van der Waals surface area contributed by atoms with Gasteiger partial charge in [0.15, 0.2) is 0 Å². The fourth-order valence-electron chi connectivity index (χ4n) is 2.97. The Morgan fingerprint density at radius 3 is 2.53 bits per heavy atom. The van der Waals surface area contributed by atoms with Gasteiger partial charge in [0.1, 0.15) is 28.8 Å². The van der Waals surface area contributed by atoms with E-state index in [1.165, 1.54) is 18.3 Å². The van der Waals surface area contributed by atoms with Crippen LogP contribution in [0.4, 0.5) is 17.6 Å². The number of carbonyl (C=O) groups excluding carboxylic acids is 1. The van der Waals surface area contributed by atoms with Crippen LogP contribution in [0.25, 0.3) is 11.0 Å². The van der Waals surface area contributed by atoms with Gasteiger partial charge >= 0.3 is 12.1 Å². The van der Waals surface area contributed by atoms with Gasteiger partial charge in [-0.2, -0.15) is 13.2 Å². The van der Waals surface area contributed by atoms with Gasteiger partial charge in [0.05, 0.1) is 17.5 Å². The minimum Gasteiger partial charge on any atom is -0.506 e. The molecule has 3 aromatic rings. The van der Waals surface area contributed by atoms with Crippen LogP contribution in [0.3, 0.4) is 0 Å². The number of hydrogen-bond acceptors (Lipinski definition) is 5. The Morgan fingerprint density at radius 2 is 1.94 bits per heavy atom. The van der Waals surface area contributed by atoms with Crippen molar-refractivity contribution in [2.45, 2.75) is 25.7 Å². The molecular weight excluding hydrogens is 438 g/mol. The number of pyridine rings is 2. The molecule has 3 N–H and O–H groups in total. The number of rotatable bonds is 5. The van der Waals surface area contributed by atoms with Gasteiger partial charge in [-0.1, -0.05) is 6.07 Å². The van der Waals surface area contributed by atoms with Crippen molar-refractivity contribution in [3.05, 3.63) is 69.4 Å². The summed E-state index contributed by atoms with van der Waals surface area (Å²) in [6.07, 6.45) is -3.51. The quantitative estimate of drug-likeness (QED) is 0.511. The van der Waals surface area contributed by atoms with Crippen molar-refractivity contribution in [1.29, 1.82) is 0 Å². The van der Waals surface area contributed by atoms with Crippen molar-refractivity contribution in [3.8, 4) is 5.75 Å². The summed E-state index contributed by atoms with van der Waals surface area (Å²) in [5.74, 6) is -4.60. The van der Waals surface area contributed by atoms with E-state index in [2.05, 4.69) is 4.98 Å². The maximum Gasteiger partial charge on any atom is 0.416 e. The van der Waals surface area contributed by atoms with Crippen molar-refractivity contribution >= 4 is 22.9 Å². The predicted molar refractivity (Wildman–Crippen MR) is 103 cm³/mol. The van der Waals surface area contributed by atoms with Gasteiger partial charge < -0.3 is 15.5 Å². The molecule has 0 fully saturated rings. The van der Waals surface area contributed by atoms with Gasteiger partial charge in [0, 0.05) is 11.8 Å². The zero-order chi connectivity index (χ0) is 23.8. The Bertz CT molecular complexity index is 1290. The lowest BCUT2D eigenvalue weighted by atomic mass is 10.1. The summed E-state index contributed by atoms with van der Waals surface area (Å²) >= 11 is 0. The van der Waals surface area contributed by atoms with E-state index in [1.54, 1.807) is 0 Å². The molecule has 0 aliphatic carbocycles. The van der Waals surface area contributed by atoms with Crippen LogP contribution in [0, 0.1) is 5.82 Å². The van der Waals surface area contributed by atoms with Crippen molar-refractivity contribution in [2.24, 2.45) is 0 Å². The molecule has 1 aromatic carbocycles. The maximum absolute atomic E-state index is 14.4. The number of alkyl halides is 3. The molecule has 3 rings (SSSR count). The lowest BCUT2D eigenvalue weighted by Gasteiger charge is -2.16. The molecule has 1 atom stereocenters. The fraction of sp³-hybridized carbons (Fsp3) is 0.200. The monoisotopic (exact) mass is 453 g/mol. The zero-order valence-corrected chi connectivity index (χ0v) is 16.3. The van der Waals surface area contributed by atoms with Crippen LogP contribution in [0.2, 0.25) is 0 Å². The average molecular weight is 453 g/mol. The lowest BCUT2D eigenvalue weighted by molar-refractivity contribution is -0.139. The van der Waals surface area contributed by atoms with E-state index in [0.717, 1.165) is 17.6 Å². The van der Waals surface area contributed by atoms with Crippen LogP contribution < -0.4 is 10.9 Å². The number of nitrogens with zero attached hydrogens (tertiary/aromatic N) is 2. The highest BCUT2D eigenvalue weighted by Gasteiger charge is 2.31. The molecular formula is C20H15F4N3O5. The minimum absolute atomic E-state index is 0.0763. The second kappa shape index (κ2) is 8.29. The van der Waals surface area contributed by atoms with Crippen molar-refractivity contribution in [3.63, 3.8) is 0 Å². The Kier molecular flexibility index (Phi) is 5.88. The van der Waals surface area contributed by atoms with E-state index in [0.29, 0.717) is 6.07 Å². The number of carboxylic acid groups (broad SMARTS) is 1. The predicted octanol–water partition coefficient (Wildman–Crippen LogP) is 2.51. The fourth-order valence-corrected chi connectivity index (χ4v) is 2.97. The third-order valence-corrected chi connectivity index (χ3v) is 4.65. The number of carbonyl (C=O) groups is 2. The molecule has 0 aliphatic heterocycles. The lowest BCUT2D eigenvalue weighted by Crippen LogP contribution is -2.41. The molecule has 1 amide bonds. The largest absolute Gasteiger partial charge is 0.506 e. The number of amides is 1. The highest BCUT2D eigenvalue weighted by atomic mass is 19.4. The first kappa shape index (κ1) is 22.7. The molecule has 32 heavy (non-hydrogen) atoms. The molecule has 168 valence electrons. The van der Waals surface area contributed by atoms with Gasteiger partial charge in [0.2, 0.25) is 0 Å². The number of aromatic nitrogens is 2.